The zero-order valence-electron chi connectivity index (χ0n) is 13.4. The van der Waals surface area contributed by atoms with Gasteiger partial charge in [-0.3, -0.25) is 4.79 Å². The SMILES string of the molecule is CCCCCCCCCNC(=O)CCCCCCCBr. The van der Waals surface area contributed by atoms with Crippen LogP contribution >= 0.6 is 15.9 Å². The lowest BCUT2D eigenvalue weighted by atomic mass is 10.1. The fourth-order valence-corrected chi connectivity index (χ4v) is 2.71. The van der Waals surface area contributed by atoms with Gasteiger partial charge in [0.1, 0.15) is 0 Å². The monoisotopic (exact) mass is 347 g/mol. The summed E-state index contributed by atoms with van der Waals surface area (Å²) in [4.78, 5) is 11.6. The molecule has 0 spiro atoms. The predicted molar refractivity (Wildman–Crippen MR) is 92.5 cm³/mol. The van der Waals surface area contributed by atoms with Gasteiger partial charge in [-0.05, 0) is 19.3 Å². The number of carbonyl (C=O) groups excluding carboxylic acids is 1. The van der Waals surface area contributed by atoms with Crippen molar-refractivity contribution in [3.8, 4) is 0 Å². The van der Waals surface area contributed by atoms with Gasteiger partial charge in [-0.1, -0.05) is 80.6 Å². The van der Waals surface area contributed by atoms with Gasteiger partial charge < -0.3 is 5.32 Å². The second-order valence-corrected chi connectivity index (χ2v) is 6.47. The van der Waals surface area contributed by atoms with Crippen molar-refractivity contribution in [1.29, 1.82) is 0 Å². The van der Waals surface area contributed by atoms with Crippen LogP contribution in [0.3, 0.4) is 0 Å². The van der Waals surface area contributed by atoms with E-state index in [1.54, 1.807) is 0 Å². The summed E-state index contributed by atoms with van der Waals surface area (Å²) in [5.74, 6) is 0.247. The molecule has 0 saturated carbocycles. The molecule has 0 aliphatic heterocycles. The van der Waals surface area contributed by atoms with Crippen LogP contribution in [0.15, 0.2) is 0 Å². The molecule has 0 fully saturated rings. The van der Waals surface area contributed by atoms with Crippen LogP contribution in [0.5, 0.6) is 0 Å². The number of alkyl halides is 1. The maximum atomic E-state index is 11.6. The highest BCUT2D eigenvalue weighted by Gasteiger charge is 2.00. The van der Waals surface area contributed by atoms with Crippen molar-refractivity contribution in [1.82, 2.24) is 5.32 Å². The first-order valence-electron chi connectivity index (χ1n) is 8.64. The Bertz CT molecular complexity index is 209. The van der Waals surface area contributed by atoms with Crippen molar-refractivity contribution in [3.05, 3.63) is 0 Å². The molecule has 0 aromatic heterocycles. The molecule has 3 heteroatoms. The Kier molecular flexibility index (Phi) is 17.0. The third-order valence-corrected chi connectivity index (χ3v) is 4.20. The molecular formula is C17H34BrNO. The Balaban J connectivity index is 3.12. The topological polar surface area (TPSA) is 29.1 Å². The van der Waals surface area contributed by atoms with Gasteiger partial charge in [-0.25, -0.2) is 0 Å². The van der Waals surface area contributed by atoms with Crippen LogP contribution in [0.4, 0.5) is 0 Å². The van der Waals surface area contributed by atoms with Gasteiger partial charge in [-0.15, -0.1) is 0 Å². The number of hydrogen-bond acceptors (Lipinski definition) is 1. The zero-order valence-corrected chi connectivity index (χ0v) is 15.0. The minimum Gasteiger partial charge on any atom is -0.356 e. The fourth-order valence-electron chi connectivity index (χ4n) is 2.31. The largest absolute Gasteiger partial charge is 0.356 e. The van der Waals surface area contributed by atoms with Crippen LogP contribution in [0, 0.1) is 0 Å². The molecule has 0 rings (SSSR count). The van der Waals surface area contributed by atoms with Crippen molar-refractivity contribution in [3.63, 3.8) is 0 Å². The zero-order chi connectivity index (χ0) is 14.9. The van der Waals surface area contributed by atoms with Crippen molar-refractivity contribution in [2.24, 2.45) is 0 Å². The maximum Gasteiger partial charge on any atom is 0.219 e. The fraction of sp³-hybridized carbons (Fsp3) is 0.941. The first-order chi connectivity index (χ1) is 9.81. The van der Waals surface area contributed by atoms with Crippen LogP contribution < -0.4 is 5.32 Å². The van der Waals surface area contributed by atoms with Crippen molar-refractivity contribution in [2.75, 3.05) is 11.9 Å². The highest BCUT2D eigenvalue weighted by Crippen LogP contribution is 2.07. The molecule has 0 saturated heterocycles. The van der Waals surface area contributed by atoms with Crippen LogP contribution in [-0.4, -0.2) is 17.8 Å². The average Bonchev–Trinajstić information content (AvgIpc) is 2.45. The number of unbranched alkanes of at least 4 members (excludes halogenated alkanes) is 10. The molecule has 0 aromatic rings. The van der Waals surface area contributed by atoms with Gasteiger partial charge in [0.15, 0.2) is 0 Å². The summed E-state index contributed by atoms with van der Waals surface area (Å²) in [6.07, 6.45) is 15.9. The molecule has 20 heavy (non-hydrogen) atoms. The molecule has 0 aliphatic carbocycles. The van der Waals surface area contributed by atoms with E-state index in [1.807, 2.05) is 0 Å². The molecular weight excluding hydrogens is 314 g/mol. The summed E-state index contributed by atoms with van der Waals surface area (Å²) in [7, 11) is 0. The second kappa shape index (κ2) is 17.0. The summed E-state index contributed by atoms with van der Waals surface area (Å²) in [5.41, 5.74) is 0. The van der Waals surface area contributed by atoms with E-state index in [-0.39, 0.29) is 5.91 Å². The average molecular weight is 348 g/mol. The third kappa shape index (κ3) is 16.0. The molecule has 1 amide bonds. The van der Waals surface area contributed by atoms with E-state index in [2.05, 4.69) is 28.2 Å². The van der Waals surface area contributed by atoms with Crippen molar-refractivity contribution >= 4 is 21.8 Å². The summed E-state index contributed by atoms with van der Waals surface area (Å²) >= 11 is 3.44. The first-order valence-corrected chi connectivity index (χ1v) is 9.76. The van der Waals surface area contributed by atoms with E-state index in [1.165, 1.54) is 64.2 Å². The van der Waals surface area contributed by atoms with Gasteiger partial charge in [0, 0.05) is 18.3 Å². The van der Waals surface area contributed by atoms with Gasteiger partial charge >= 0.3 is 0 Å². The number of halogens is 1. The Hall–Kier alpha value is -0.0500. The summed E-state index contributed by atoms with van der Waals surface area (Å²) in [6, 6.07) is 0. The molecule has 0 atom stereocenters. The minimum absolute atomic E-state index is 0.247. The Morgan fingerprint density at radius 3 is 2.00 bits per heavy atom. The Labute approximate surface area is 134 Å². The first kappa shape index (κ1) is 19.9. The van der Waals surface area contributed by atoms with Crippen LogP contribution in [-0.2, 0) is 4.79 Å². The van der Waals surface area contributed by atoms with E-state index in [0.29, 0.717) is 6.42 Å². The number of carbonyl (C=O) groups is 1. The second-order valence-electron chi connectivity index (χ2n) is 5.68. The Morgan fingerprint density at radius 1 is 0.800 bits per heavy atom. The van der Waals surface area contributed by atoms with E-state index in [4.69, 9.17) is 0 Å². The highest BCUT2D eigenvalue weighted by atomic mass is 79.9. The molecule has 0 bridgehead atoms. The highest BCUT2D eigenvalue weighted by molar-refractivity contribution is 9.09. The van der Waals surface area contributed by atoms with Crippen LogP contribution in [0.1, 0.15) is 90.4 Å². The normalized spacial score (nSPS) is 10.7. The van der Waals surface area contributed by atoms with Gasteiger partial charge in [0.05, 0.1) is 0 Å². The number of amides is 1. The molecule has 0 radical (unpaired) electrons. The molecule has 0 aliphatic rings. The van der Waals surface area contributed by atoms with Crippen molar-refractivity contribution in [2.45, 2.75) is 90.4 Å². The summed E-state index contributed by atoms with van der Waals surface area (Å²) < 4.78 is 0. The Morgan fingerprint density at radius 2 is 1.35 bits per heavy atom. The van der Waals surface area contributed by atoms with Crippen LogP contribution in [0.2, 0.25) is 0 Å². The summed E-state index contributed by atoms with van der Waals surface area (Å²) in [6.45, 7) is 3.12. The molecule has 2 nitrogen and oxygen atoms in total. The predicted octanol–water partition coefficient (Wildman–Crippen LogP) is 5.59. The van der Waals surface area contributed by atoms with E-state index in [9.17, 15) is 4.79 Å². The van der Waals surface area contributed by atoms with Crippen LogP contribution in [0.25, 0.3) is 0 Å². The molecule has 120 valence electrons. The number of hydrogen-bond donors (Lipinski definition) is 1. The standard InChI is InChI=1S/C17H34BrNO/c1-2-3-4-5-6-10-13-16-19-17(20)14-11-8-7-9-12-15-18/h2-16H2,1H3,(H,19,20). The molecule has 1 N–H and O–H groups in total. The smallest absolute Gasteiger partial charge is 0.219 e. The van der Waals surface area contributed by atoms with Gasteiger partial charge in [0.25, 0.3) is 0 Å². The molecule has 0 heterocycles. The maximum absolute atomic E-state index is 11.6. The van der Waals surface area contributed by atoms with E-state index < -0.39 is 0 Å². The lowest BCUT2D eigenvalue weighted by Crippen LogP contribution is -2.23. The minimum atomic E-state index is 0.247. The van der Waals surface area contributed by atoms with E-state index >= 15 is 0 Å². The molecule has 0 unspecified atom stereocenters. The lowest BCUT2D eigenvalue weighted by molar-refractivity contribution is -0.121. The quantitative estimate of drug-likeness (QED) is 0.303. The van der Waals surface area contributed by atoms with Crippen molar-refractivity contribution < 1.29 is 4.79 Å². The number of rotatable bonds is 15. The van der Waals surface area contributed by atoms with E-state index in [0.717, 1.165) is 24.7 Å². The molecule has 0 aromatic carbocycles. The summed E-state index contributed by atoms with van der Waals surface area (Å²) in [5, 5.41) is 4.14. The number of nitrogens with one attached hydrogen (secondary N) is 1. The third-order valence-electron chi connectivity index (χ3n) is 3.64. The van der Waals surface area contributed by atoms with Gasteiger partial charge in [0.2, 0.25) is 5.91 Å². The lowest BCUT2D eigenvalue weighted by Gasteiger charge is -2.05. The van der Waals surface area contributed by atoms with Gasteiger partial charge in [-0.2, -0.15) is 0 Å².